The fourth-order valence-corrected chi connectivity index (χ4v) is 5.47. The largest absolute Gasteiger partial charge is 0.493 e. The number of rotatable bonds is 14. The summed E-state index contributed by atoms with van der Waals surface area (Å²) in [7, 11) is 3.61. The molecule has 0 spiro atoms. The highest BCUT2D eigenvalue weighted by Crippen LogP contribution is 2.26. The van der Waals surface area contributed by atoms with Crippen LogP contribution in [0.1, 0.15) is 62.4 Å². The molecule has 2 fully saturated rings. The lowest BCUT2D eigenvalue weighted by molar-refractivity contribution is -0.132. The maximum Gasteiger partial charge on any atom is 0.254 e. The van der Waals surface area contributed by atoms with Crippen molar-refractivity contribution in [2.45, 2.75) is 58.9 Å². The normalized spacial score (nSPS) is 20.1. The van der Waals surface area contributed by atoms with Crippen LogP contribution in [0.25, 0.3) is 0 Å². The van der Waals surface area contributed by atoms with Crippen molar-refractivity contribution in [3.63, 3.8) is 0 Å². The molecule has 38 heavy (non-hydrogen) atoms. The molecule has 0 unspecified atom stereocenters. The predicted octanol–water partition coefficient (Wildman–Crippen LogP) is 3.63. The Bertz CT molecular complexity index is 887. The van der Waals surface area contributed by atoms with Gasteiger partial charge in [0, 0.05) is 84.6 Å². The minimum atomic E-state index is 0.0268. The summed E-state index contributed by atoms with van der Waals surface area (Å²) in [5.41, 5.74) is 1.76. The number of nitrogens with zero attached hydrogens (tertiary/aromatic N) is 2. The van der Waals surface area contributed by atoms with E-state index < -0.39 is 0 Å². The molecule has 1 aromatic rings. The molecule has 2 aliphatic rings. The van der Waals surface area contributed by atoms with Crippen LogP contribution < -0.4 is 10.1 Å². The number of amides is 2. The molecule has 0 saturated carbocycles. The molecule has 0 aromatic heterocycles. The third kappa shape index (κ3) is 8.68. The Labute approximate surface area is 229 Å². The number of methoxy groups -OCH3 is 1. The Balaban J connectivity index is 1.63. The lowest BCUT2D eigenvalue weighted by Gasteiger charge is -2.33. The van der Waals surface area contributed by atoms with E-state index in [4.69, 9.17) is 14.2 Å². The zero-order valence-electron chi connectivity index (χ0n) is 24.2. The lowest BCUT2D eigenvalue weighted by atomic mass is 9.93. The van der Waals surface area contributed by atoms with E-state index >= 15 is 0 Å². The maximum absolute atomic E-state index is 13.7. The minimum Gasteiger partial charge on any atom is -0.493 e. The van der Waals surface area contributed by atoms with Gasteiger partial charge in [-0.05, 0) is 68.6 Å². The van der Waals surface area contributed by atoms with Crippen LogP contribution in [0.5, 0.6) is 5.75 Å². The average Bonchev–Trinajstić information content (AvgIpc) is 3.36. The molecular formula is C30H49N3O5. The van der Waals surface area contributed by atoms with E-state index in [1.54, 1.807) is 7.11 Å². The van der Waals surface area contributed by atoms with Crippen LogP contribution in [0, 0.1) is 17.8 Å². The fraction of sp³-hybridized carbons (Fsp3) is 0.733. The molecule has 8 nitrogen and oxygen atoms in total. The van der Waals surface area contributed by atoms with Crippen molar-refractivity contribution in [2.75, 3.05) is 66.8 Å². The third-order valence-electron chi connectivity index (χ3n) is 7.98. The van der Waals surface area contributed by atoms with Crippen LogP contribution in [0.4, 0.5) is 0 Å². The van der Waals surface area contributed by atoms with Gasteiger partial charge in [-0.15, -0.1) is 0 Å². The first-order valence-electron chi connectivity index (χ1n) is 14.4. The summed E-state index contributed by atoms with van der Waals surface area (Å²) in [5.74, 6) is 2.06. The van der Waals surface area contributed by atoms with Gasteiger partial charge in [-0.1, -0.05) is 13.0 Å². The monoisotopic (exact) mass is 531 g/mol. The smallest absolute Gasteiger partial charge is 0.254 e. The summed E-state index contributed by atoms with van der Waals surface area (Å²) in [4.78, 5) is 30.5. The van der Waals surface area contributed by atoms with Gasteiger partial charge in [0.25, 0.3) is 5.91 Å². The molecule has 214 valence electrons. The Kier molecular flexibility index (Phi) is 12.3. The standard InChI is InChI=1S/C30H49N3O5/c1-6-24-8-9-25(17-28(24)38-13-7-12-36-5)30(35)33(22(2)3)21-27-19-31-18-26(27)20-32(4)29(34)16-23-10-14-37-15-11-23/h8-9,17,22-23,26-27,31H,6-7,10-16,18-21H2,1-5H3/t26-,27-/m0/s1. The van der Waals surface area contributed by atoms with E-state index in [-0.39, 0.29) is 17.9 Å². The summed E-state index contributed by atoms with van der Waals surface area (Å²) in [6.45, 7) is 12.1. The van der Waals surface area contributed by atoms with E-state index in [0.29, 0.717) is 56.0 Å². The number of benzene rings is 1. The van der Waals surface area contributed by atoms with Gasteiger partial charge in [-0.25, -0.2) is 0 Å². The van der Waals surface area contributed by atoms with Crippen molar-refractivity contribution in [1.82, 2.24) is 15.1 Å². The fourth-order valence-electron chi connectivity index (χ4n) is 5.47. The lowest BCUT2D eigenvalue weighted by Crippen LogP contribution is -2.44. The first-order valence-corrected chi connectivity index (χ1v) is 14.4. The van der Waals surface area contributed by atoms with E-state index in [1.165, 1.54) is 0 Å². The molecule has 2 saturated heterocycles. The summed E-state index contributed by atoms with van der Waals surface area (Å²) < 4.78 is 16.6. The highest BCUT2D eigenvalue weighted by molar-refractivity contribution is 5.95. The van der Waals surface area contributed by atoms with Crippen molar-refractivity contribution in [1.29, 1.82) is 0 Å². The number of hydrogen-bond donors (Lipinski definition) is 1. The Morgan fingerprint density at radius 1 is 1.11 bits per heavy atom. The number of hydrogen-bond acceptors (Lipinski definition) is 6. The molecule has 8 heteroatoms. The van der Waals surface area contributed by atoms with Crippen molar-refractivity contribution < 1.29 is 23.8 Å². The summed E-state index contributed by atoms with van der Waals surface area (Å²) in [6, 6.07) is 5.90. The Hall–Kier alpha value is -2.16. The molecule has 2 atom stereocenters. The van der Waals surface area contributed by atoms with Crippen LogP contribution in [0.15, 0.2) is 18.2 Å². The molecule has 2 amide bonds. The maximum atomic E-state index is 13.7. The van der Waals surface area contributed by atoms with Crippen molar-refractivity contribution in [2.24, 2.45) is 17.8 Å². The van der Waals surface area contributed by atoms with E-state index in [2.05, 4.69) is 26.1 Å². The zero-order chi connectivity index (χ0) is 27.5. The molecule has 0 bridgehead atoms. The summed E-state index contributed by atoms with van der Waals surface area (Å²) in [6.07, 6.45) is 4.19. The van der Waals surface area contributed by atoms with Gasteiger partial charge < -0.3 is 29.3 Å². The van der Waals surface area contributed by atoms with Gasteiger partial charge in [0.2, 0.25) is 5.91 Å². The van der Waals surface area contributed by atoms with Crippen molar-refractivity contribution >= 4 is 11.8 Å². The van der Waals surface area contributed by atoms with Crippen molar-refractivity contribution in [3.8, 4) is 5.75 Å². The molecule has 3 rings (SSSR count). The van der Waals surface area contributed by atoms with Crippen LogP contribution >= 0.6 is 0 Å². The topological polar surface area (TPSA) is 80.3 Å². The first-order chi connectivity index (χ1) is 18.3. The second-order valence-corrected chi connectivity index (χ2v) is 11.1. The minimum absolute atomic E-state index is 0.0268. The molecule has 1 N–H and O–H groups in total. The SMILES string of the molecule is CCc1ccc(C(=O)N(C[C@@H]2CNC[C@H]2CN(C)C(=O)CC2CCOCC2)C(C)C)cc1OCCCOC. The van der Waals surface area contributed by atoms with E-state index in [1.807, 2.05) is 35.0 Å². The number of carbonyl (C=O) groups excluding carboxylic acids is 2. The number of aryl methyl sites for hydroxylation is 1. The quantitative estimate of drug-likeness (QED) is 0.370. The highest BCUT2D eigenvalue weighted by atomic mass is 16.5. The highest BCUT2D eigenvalue weighted by Gasteiger charge is 2.33. The first kappa shape index (κ1) is 30.4. The molecule has 0 aliphatic carbocycles. The zero-order valence-corrected chi connectivity index (χ0v) is 24.2. The number of ether oxygens (including phenoxy) is 3. The molecular weight excluding hydrogens is 482 g/mol. The van der Waals surface area contributed by atoms with Crippen LogP contribution in [0.3, 0.4) is 0 Å². The van der Waals surface area contributed by atoms with Crippen molar-refractivity contribution in [3.05, 3.63) is 29.3 Å². The van der Waals surface area contributed by atoms with Crippen LogP contribution in [-0.2, 0) is 20.7 Å². The molecule has 0 radical (unpaired) electrons. The number of carbonyl (C=O) groups is 2. The van der Waals surface area contributed by atoms with Crippen LogP contribution in [-0.4, -0.2) is 94.4 Å². The Morgan fingerprint density at radius 2 is 1.82 bits per heavy atom. The van der Waals surface area contributed by atoms with Gasteiger partial charge in [0.1, 0.15) is 5.75 Å². The van der Waals surface area contributed by atoms with E-state index in [9.17, 15) is 9.59 Å². The van der Waals surface area contributed by atoms with Gasteiger partial charge in [-0.2, -0.15) is 0 Å². The van der Waals surface area contributed by atoms with E-state index in [0.717, 1.165) is 63.3 Å². The van der Waals surface area contributed by atoms with Gasteiger partial charge in [0.15, 0.2) is 0 Å². The molecule has 2 heterocycles. The third-order valence-corrected chi connectivity index (χ3v) is 7.98. The summed E-state index contributed by atoms with van der Waals surface area (Å²) >= 11 is 0. The second kappa shape index (κ2) is 15.4. The molecule has 2 aliphatic heterocycles. The van der Waals surface area contributed by atoms with Crippen LogP contribution in [0.2, 0.25) is 0 Å². The second-order valence-electron chi connectivity index (χ2n) is 11.1. The predicted molar refractivity (Wildman–Crippen MR) is 150 cm³/mol. The number of nitrogens with one attached hydrogen (secondary N) is 1. The Morgan fingerprint density at radius 3 is 2.47 bits per heavy atom. The molecule has 1 aromatic carbocycles. The van der Waals surface area contributed by atoms with Gasteiger partial charge in [0.05, 0.1) is 6.61 Å². The van der Waals surface area contributed by atoms with Gasteiger partial charge in [-0.3, -0.25) is 9.59 Å². The summed E-state index contributed by atoms with van der Waals surface area (Å²) in [5, 5.41) is 3.51. The van der Waals surface area contributed by atoms with Gasteiger partial charge >= 0.3 is 0 Å². The average molecular weight is 532 g/mol.